The number of rotatable bonds is 6. The van der Waals surface area contributed by atoms with Crippen molar-refractivity contribution in [1.29, 1.82) is 0 Å². The number of hydrogen-bond donors (Lipinski definition) is 1. The van der Waals surface area contributed by atoms with Gasteiger partial charge in [0.15, 0.2) is 0 Å². The van der Waals surface area contributed by atoms with Crippen molar-refractivity contribution in [3.63, 3.8) is 0 Å². The van der Waals surface area contributed by atoms with E-state index in [-0.39, 0.29) is 0 Å². The van der Waals surface area contributed by atoms with E-state index < -0.39 is 0 Å². The third-order valence-electron chi connectivity index (χ3n) is 2.31. The largest absolute Gasteiger partial charge is 0.396 e. The molecule has 1 aromatic heterocycles. The van der Waals surface area contributed by atoms with Crippen LogP contribution in [0.2, 0.25) is 0 Å². The summed E-state index contributed by atoms with van der Waals surface area (Å²) in [4.78, 5) is 6.21. The zero-order chi connectivity index (χ0) is 12.0. The number of likely N-dealkylation sites (N-methyl/N-ethyl adjacent to an activating group) is 1. The highest BCUT2D eigenvalue weighted by Crippen LogP contribution is 2.30. The molecule has 0 radical (unpaired) electrons. The fourth-order valence-corrected chi connectivity index (χ4v) is 2.12. The SMILES string of the molecule is CCOCCN(CC)c1c(N)cncc1Br. The van der Waals surface area contributed by atoms with Crippen LogP contribution in [0, 0.1) is 0 Å². The molecule has 0 aliphatic heterocycles. The summed E-state index contributed by atoms with van der Waals surface area (Å²) in [6.07, 6.45) is 3.43. The maximum absolute atomic E-state index is 5.93. The van der Waals surface area contributed by atoms with Crippen LogP contribution in [0.5, 0.6) is 0 Å². The van der Waals surface area contributed by atoms with Crippen LogP contribution >= 0.6 is 15.9 Å². The molecule has 16 heavy (non-hydrogen) atoms. The summed E-state index contributed by atoms with van der Waals surface area (Å²) in [5, 5.41) is 0. The van der Waals surface area contributed by atoms with E-state index in [0.29, 0.717) is 12.3 Å². The van der Waals surface area contributed by atoms with Gasteiger partial charge in [0, 0.05) is 25.9 Å². The summed E-state index contributed by atoms with van der Waals surface area (Å²) >= 11 is 3.47. The second kappa shape index (κ2) is 6.70. The lowest BCUT2D eigenvalue weighted by molar-refractivity contribution is 0.154. The van der Waals surface area contributed by atoms with Crippen molar-refractivity contribution in [2.24, 2.45) is 0 Å². The fourth-order valence-electron chi connectivity index (χ4n) is 1.52. The summed E-state index contributed by atoms with van der Waals surface area (Å²) < 4.78 is 6.28. The first-order valence-corrected chi connectivity index (χ1v) is 6.21. The maximum Gasteiger partial charge on any atom is 0.0776 e. The smallest absolute Gasteiger partial charge is 0.0776 e. The third kappa shape index (κ3) is 3.35. The minimum atomic E-state index is 0.688. The van der Waals surface area contributed by atoms with Crippen molar-refractivity contribution in [3.8, 4) is 0 Å². The highest BCUT2D eigenvalue weighted by Gasteiger charge is 2.11. The van der Waals surface area contributed by atoms with Crippen LogP contribution in [0.1, 0.15) is 13.8 Å². The quantitative estimate of drug-likeness (QED) is 0.816. The Bertz CT molecular complexity index is 313. The van der Waals surface area contributed by atoms with Crippen molar-refractivity contribution >= 4 is 27.3 Å². The van der Waals surface area contributed by atoms with Gasteiger partial charge >= 0.3 is 0 Å². The predicted molar refractivity (Wildman–Crippen MR) is 70.7 cm³/mol. The second-order valence-electron chi connectivity index (χ2n) is 3.34. The molecule has 0 spiro atoms. The minimum Gasteiger partial charge on any atom is -0.396 e. The van der Waals surface area contributed by atoms with Gasteiger partial charge in [-0.15, -0.1) is 0 Å². The monoisotopic (exact) mass is 287 g/mol. The molecule has 0 aliphatic carbocycles. The average Bonchev–Trinajstić information content (AvgIpc) is 2.26. The van der Waals surface area contributed by atoms with Gasteiger partial charge in [0.05, 0.1) is 28.7 Å². The highest BCUT2D eigenvalue weighted by atomic mass is 79.9. The van der Waals surface area contributed by atoms with Gasteiger partial charge in [-0.2, -0.15) is 0 Å². The Balaban J connectivity index is 2.78. The van der Waals surface area contributed by atoms with E-state index in [1.165, 1.54) is 0 Å². The molecule has 0 atom stereocenters. The van der Waals surface area contributed by atoms with Crippen molar-refractivity contribution < 1.29 is 4.74 Å². The van der Waals surface area contributed by atoms with Gasteiger partial charge in [0.1, 0.15) is 0 Å². The van der Waals surface area contributed by atoms with Gasteiger partial charge in [0.25, 0.3) is 0 Å². The van der Waals surface area contributed by atoms with E-state index in [0.717, 1.165) is 29.9 Å². The number of pyridine rings is 1. The lowest BCUT2D eigenvalue weighted by Gasteiger charge is -2.25. The van der Waals surface area contributed by atoms with Crippen LogP contribution in [-0.4, -0.2) is 31.3 Å². The van der Waals surface area contributed by atoms with E-state index in [4.69, 9.17) is 10.5 Å². The van der Waals surface area contributed by atoms with Gasteiger partial charge in [-0.1, -0.05) is 0 Å². The van der Waals surface area contributed by atoms with E-state index in [2.05, 4.69) is 32.7 Å². The Labute approximate surface area is 105 Å². The molecule has 1 heterocycles. The summed E-state index contributed by atoms with van der Waals surface area (Å²) in [6, 6.07) is 0. The molecule has 5 heteroatoms. The molecule has 0 aliphatic rings. The van der Waals surface area contributed by atoms with Gasteiger partial charge in [0.2, 0.25) is 0 Å². The lowest BCUT2D eigenvalue weighted by atomic mass is 10.3. The van der Waals surface area contributed by atoms with Crippen molar-refractivity contribution in [1.82, 2.24) is 4.98 Å². The summed E-state index contributed by atoms with van der Waals surface area (Å²) in [7, 11) is 0. The molecule has 0 unspecified atom stereocenters. The Morgan fingerprint density at radius 3 is 2.75 bits per heavy atom. The highest BCUT2D eigenvalue weighted by molar-refractivity contribution is 9.10. The molecule has 0 amide bonds. The number of halogens is 1. The summed E-state index contributed by atoms with van der Waals surface area (Å²) in [6.45, 7) is 7.26. The predicted octanol–water partition coefficient (Wildman–Crippen LogP) is 2.29. The number of ether oxygens (including phenoxy) is 1. The van der Waals surface area contributed by atoms with Crippen LogP contribution in [0.15, 0.2) is 16.9 Å². The fraction of sp³-hybridized carbons (Fsp3) is 0.545. The molecular formula is C11H18BrN3O. The zero-order valence-electron chi connectivity index (χ0n) is 9.74. The molecule has 0 saturated carbocycles. The second-order valence-corrected chi connectivity index (χ2v) is 4.19. The van der Waals surface area contributed by atoms with E-state index in [9.17, 15) is 0 Å². The third-order valence-corrected chi connectivity index (χ3v) is 2.89. The first kappa shape index (κ1) is 13.3. The molecule has 90 valence electrons. The number of nitrogen functional groups attached to an aromatic ring is 1. The van der Waals surface area contributed by atoms with E-state index in [1.807, 2.05) is 6.92 Å². The van der Waals surface area contributed by atoms with Crippen molar-refractivity contribution in [2.75, 3.05) is 36.9 Å². The van der Waals surface area contributed by atoms with Gasteiger partial charge in [-0.3, -0.25) is 4.98 Å². The molecule has 0 bridgehead atoms. The number of nitrogens with two attached hydrogens (primary N) is 1. The molecule has 0 aromatic carbocycles. The van der Waals surface area contributed by atoms with E-state index in [1.54, 1.807) is 12.4 Å². The van der Waals surface area contributed by atoms with Crippen LogP contribution in [0.25, 0.3) is 0 Å². The molecule has 1 rings (SSSR count). The average molecular weight is 288 g/mol. The number of aromatic nitrogens is 1. The first-order valence-electron chi connectivity index (χ1n) is 5.42. The van der Waals surface area contributed by atoms with Crippen LogP contribution in [0.4, 0.5) is 11.4 Å². The number of hydrogen-bond acceptors (Lipinski definition) is 4. The van der Waals surface area contributed by atoms with Crippen LogP contribution < -0.4 is 10.6 Å². The van der Waals surface area contributed by atoms with Crippen LogP contribution in [-0.2, 0) is 4.74 Å². The standard InChI is InChI=1S/C11H18BrN3O/c1-3-15(5-6-16-4-2)11-9(12)7-14-8-10(11)13/h7-8H,3-6,13H2,1-2H3. The molecule has 0 fully saturated rings. The number of anilines is 2. The van der Waals surface area contributed by atoms with Gasteiger partial charge in [-0.25, -0.2) is 0 Å². The molecule has 0 saturated heterocycles. The zero-order valence-corrected chi connectivity index (χ0v) is 11.3. The molecule has 4 nitrogen and oxygen atoms in total. The lowest BCUT2D eigenvalue weighted by Crippen LogP contribution is -2.28. The molecule has 1 aromatic rings. The topological polar surface area (TPSA) is 51.4 Å². The Morgan fingerprint density at radius 2 is 2.19 bits per heavy atom. The Hall–Kier alpha value is -0.810. The van der Waals surface area contributed by atoms with Gasteiger partial charge < -0.3 is 15.4 Å². The van der Waals surface area contributed by atoms with Crippen molar-refractivity contribution in [2.45, 2.75) is 13.8 Å². The normalized spacial score (nSPS) is 10.4. The van der Waals surface area contributed by atoms with Crippen LogP contribution in [0.3, 0.4) is 0 Å². The maximum atomic E-state index is 5.93. The van der Waals surface area contributed by atoms with Crippen molar-refractivity contribution in [3.05, 3.63) is 16.9 Å². The van der Waals surface area contributed by atoms with E-state index >= 15 is 0 Å². The summed E-state index contributed by atoms with van der Waals surface area (Å²) in [5.41, 5.74) is 7.61. The number of nitrogens with zero attached hydrogens (tertiary/aromatic N) is 2. The minimum absolute atomic E-state index is 0.688. The molecule has 2 N–H and O–H groups in total. The van der Waals surface area contributed by atoms with Gasteiger partial charge in [-0.05, 0) is 29.8 Å². The Morgan fingerprint density at radius 1 is 1.44 bits per heavy atom. The Kier molecular flexibility index (Phi) is 5.55. The summed E-state index contributed by atoms with van der Waals surface area (Å²) in [5.74, 6) is 0. The first-order chi connectivity index (χ1) is 7.70. The molecular weight excluding hydrogens is 270 g/mol.